The molecule has 4 rings (SSSR count). The topological polar surface area (TPSA) is 175 Å². The van der Waals surface area contributed by atoms with Crippen LogP contribution in [0.25, 0.3) is 5.69 Å². The molecule has 4 aromatic rings. The van der Waals surface area contributed by atoms with Gasteiger partial charge in [-0.2, -0.15) is 0 Å². The van der Waals surface area contributed by atoms with Crippen molar-refractivity contribution in [3.8, 4) is 5.69 Å². The summed E-state index contributed by atoms with van der Waals surface area (Å²) in [5, 5.41) is 5.02. The summed E-state index contributed by atoms with van der Waals surface area (Å²) in [6, 6.07) is 10.7. The molecule has 16 heteroatoms. The standard InChI is InChI=1S/C37H41F2N5O8S/c1-20(2)52-34(47)31(17-23-9-13-25(14-10-23)44-33(46)21(3)22(4)43(8)36(44)49)41-32(45)27-18-29(39)30(19-28(27)38)42-53(50,51)26-15-11-24(12-16-26)40-35(48)37(5,6)7/h9-16,18-20,31,42H,17H2,1-8H3,(H,40,48)(H,41,45)/t31-/m0/s1. The van der Waals surface area contributed by atoms with Gasteiger partial charge < -0.3 is 19.9 Å². The molecule has 53 heavy (non-hydrogen) atoms. The normalized spacial score (nSPS) is 12.3. The Kier molecular flexibility index (Phi) is 11.8. The summed E-state index contributed by atoms with van der Waals surface area (Å²) in [6.45, 7) is 11.6. The van der Waals surface area contributed by atoms with Crippen molar-refractivity contribution in [2.24, 2.45) is 12.5 Å². The highest BCUT2D eigenvalue weighted by molar-refractivity contribution is 7.92. The molecule has 1 aromatic heterocycles. The van der Waals surface area contributed by atoms with Crippen LogP contribution in [0.3, 0.4) is 0 Å². The minimum atomic E-state index is -4.44. The molecule has 0 aliphatic heterocycles. The molecule has 0 spiro atoms. The number of amides is 2. The Morgan fingerprint density at radius 2 is 1.51 bits per heavy atom. The predicted octanol–water partition coefficient (Wildman–Crippen LogP) is 4.51. The van der Waals surface area contributed by atoms with Crippen molar-refractivity contribution in [1.82, 2.24) is 14.5 Å². The zero-order valence-corrected chi connectivity index (χ0v) is 31.3. The van der Waals surface area contributed by atoms with Gasteiger partial charge in [0.05, 0.1) is 27.9 Å². The lowest BCUT2D eigenvalue weighted by Crippen LogP contribution is -2.44. The number of nitrogens with one attached hydrogen (secondary N) is 3. The molecular weight excluding hydrogens is 712 g/mol. The SMILES string of the molecule is Cc1c(C)n(C)c(=O)n(-c2ccc(C[C@H](NC(=O)c3cc(F)c(NS(=O)(=O)c4ccc(NC(=O)C(C)(C)C)cc4)cc3F)C(=O)OC(C)C)cc2)c1=O. The molecule has 0 unspecified atom stereocenters. The lowest BCUT2D eigenvalue weighted by atomic mass is 9.95. The van der Waals surface area contributed by atoms with Gasteiger partial charge >= 0.3 is 11.7 Å². The van der Waals surface area contributed by atoms with E-state index in [0.717, 1.165) is 4.57 Å². The quantitative estimate of drug-likeness (QED) is 0.188. The van der Waals surface area contributed by atoms with Crippen LogP contribution >= 0.6 is 0 Å². The molecule has 0 saturated heterocycles. The average molecular weight is 754 g/mol. The van der Waals surface area contributed by atoms with Crippen LogP contribution in [0.4, 0.5) is 20.2 Å². The maximum atomic E-state index is 15.3. The van der Waals surface area contributed by atoms with Crippen LogP contribution in [0.1, 0.15) is 61.8 Å². The number of anilines is 2. The van der Waals surface area contributed by atoms with E-state index in [1.54, 1.807) is 55.5 Å². The van der Waals surface area contributed by atoms with Gasteiger partial charge in [0, 0.05) is 41.9 Å². The number of esters is 1. The van der Waals surface area contributed by atoms with Crippen molar-refractivity contribution < 1.29 is 36.3 Å². The average Bonchev–Trinajstić information content (AvgIpc) is 3.07. The number of aromatic nitrogens is 2. The van der Waals surface area contributed by atoms with E-state index in [1.807, 2.05) is 4.72 Å². The fourth-order valence-electron chi connectivity index (χ4n) is 4.98. The maximum absolute atomic E-state index is 15.3. The number of nitrogens with zero attached hydrogens (tertiary/aromatic N) is 2. The Morgan fingerprint density at radius 3 is 2.08 bits per heavy atom. The molecule has 0 radical (unpaired) electrons. The number of benzene rings is 3. The minimum absolute atomic E-state index is 0.169. The van der Waals surface area contributed by atoms with Gasteiger partial charge in [-0.25, -0.2) is 31.4 Å². The van der Waals surface area contributed by atoms with Gasteiger partial charge in [0.1, 0.15) is 17.7 Å². The Morgan fingerprint density at radius 1 is 0.906 bits per heavy atom. The molecule has 3 N–H and O–H groups in total. The summed E-state index contributed by atoms with van der Waals surface area (Å²) >= 11 is 0. The van der Waals surface area contributed by atoms with Gasteiger partial charge in [-0.05, 0) is 75.7 Å². The van der Waals surface area contributed by atoms with Crippen molar-refractivity contribution in [2.75, 3.05) is 10.0 Å². The lowest BCUT2D eigenvalue weighted by Gasteiger charge is -2.20. The number of rotatable bonds is 11. The van der Waals surface area contributed by atoms with E-state index in [4.69, 9.17) is 4.74 Å². The molecular formula is C37H41F2N5O8S. The van der Waals surface area contributed by atoms with Crippen LogP contribution in [0.15, 0.2) is 75.1 Å². The number of ether oxygens (including phenoxy) is 1. The second kappa shape index (κ2) is 15.5. The molecule has 0 fully saturated rings. The molecule has 13 nitrogen and oxygen atoms in total. The van der Waals surface area contributed by atoms with Crippen LogP contribution in [0, 0.1) is 30.9 Å². The number of hydrogen-bond donors (Lipinski definition) is 3. The first-order valence-corrected chi connectivity index (χ1v) is 17.9. The highest BCUT2D eigenvalue weighted by atomic mass is 32.2. The third-order valence-corrected chi connectivity index (χ3v) is 9.65. The van der Waals surface area contributed by atoms with Crippen molar-refractivity contribution in [3.63, 3.8) is 0 Å². The summed E-state index contributed by atoms with van der Waals surface area (Å²) in [7, 11) is -2.89. The zero-order valence-electron chi connectivity index (χ0n) is 30.5. The second-order valence-corrected chi connectivity index (χ2v) is 15.4. The van der Waals surface area contributed by atoms with Crippen molar-refractivity contribution in [2.45, 2.75) is 71.9 Å². The lowest BCUT2D eigenvalue weighted by molar-refractivity contribution is -0.149. The summed E-state index contributed by atoms with van der Waals surface area (Å²) in [5.74, 6) is -4.92. The highest BCUT2D eigenvalue weighted by Gasteiger charge is 2.28. The van der Waals surface area contributed by atoms with Gasteiger partial charge in [-0.3, -0.25) is 19.1 Å². The molecule has 2 amide bonds. The fourth-order valence-corrected chi connectivity index (χ4v) is 6.04. The molecule has 1 heterocycles. The molecule has 282 valence electrons. The van der Waals surface area contributed by atoms with Crippen molar-refractivity contribution in [3.05, 3.63) is 116 Å². The second-order valence-electron chi connectivity index (χ2n) is 13.7. The number of carbonyl (C=O) groups is 3. The van der Waals surface area contributed by atoms with Gasteiger partial charge in [-0.15, -0.1) is 0 Å². The minimum Gasteiger partial charge on any atom is -0.461 e. The first kappa shape index (κ1) is 40.1. The van der Waals surface area contributed by atoms with Crippen LogP contribution in [0.2, 0.25) is 0 Å². The van der Waals surface area contributed by atoms with Crippen LogP contribution in [-0.4, -0.2) is 47.5 Å². The molecule has 0 aliphatic carbocycles. The van der Waals surface area contributed by atoms with Gasteiger partial charge in [0.2, 0.25) is 5.91 Å². The summed E-state index contributed by atoms with van der Waals surface area (Å²) < 4.78 is 66.1. The molecule has 3 aromatic carbocycles. The third kappa shape index (κ3) is 9.24. The van der Waals surface area contributed by atoms with E-state index < -0.39 is 73.6 Å². The summed E-state index contributed by atoms with van der Waals surface area (Å²) in [5.41, 5.74) is -1.37. The first-order chi connectivity index (χ1) is 24.6. The van der Waals surface area contributed by atoms with Crippen LogP contribution in [0.5, 0.6) is 0 Å². The largest absolute Gasteiger partial charge is 0.461 e. The Bertz CT molecular complexity index is 2260. The Labute approximate surface area is 305 Å². The number of halogens is 2. The molecule has 0 aliphatic rings. The van der Waals surface area contributed by atoms with Crippen LogP contribution in [-0.2, 0) is 37.8 Å². The smallest absolute Gasteiger partial charge is 0.335 e. The summed E-state index contributed by atoms with van der Waals surface area (Å²) in [4.78, 5) is 63.9. The fraction of sp³-hybridized carbons (Fsp3) is 0.324. The monoisotopic (exact) mass is 753 g/mol. The van der Waals surface area contributed by atoms with E-state index in [2.05, 4.69) is 10.6 Å². The predicted molar refractivity (Wildman–Crippen MR) is 195 cm³/mol. The van der Waals surface area contributed by atoms with E-state index in [-0.39, 0.29) is 22.9 Å². The number of carbonyl (C=O) groups excluding carboxylic acids is 3. The van der Waals surface area contributed by atoms with Gasteiger partial charge in [-0.1, -0.05) is 32.9 Å². The van der Waals surface area contributed by atoms with Gasteiger partial charge in [0.25, 0.3) is 21.5 Å². The summed E-state index contributed by atoms with van der Waals surface area (Å²) in [6.07, 6.45) is -0.755. The van der Waals surface area contributed by atoms with E-state index >= 15 is 8.78 Å². The Balaban J connectivity index is 1.54. The van der Waals surface area contributed by atoms with Crippen LogP contribution < -0.4 is 26.6 Å². The van der Waals surface area contributed by atoms with Crippen molar-refractivity contribution >= 4 is 39.2 Å². The zero-order chi connectivity index (χ0) is 39.6. The molecule has 0 saturated carbocycles. The third-order valence-electron chi connectivity index (χ3n) is 8.27. The van der Waals surface area contributed by atoms with E-state index in [0.29, 0.717) is 34.6 Å². The number of sulfonamides is 1. The molecule has 1 atom stereocenters. The van der Waals surface area contributed by atoms with Gasteiger partial charge in [0.15, 0.2) is 0 Å². The highest BCUT2D eigenvalue weighted by Crippen LogP contribution is 2.25. The van der Waals surface area contributed by atoms with E-state index in [9.17, 15) is 32.4 Å². The first-order valence-electron chi connectivity index (χ1n) is 16.4. The Hall–Kier alpha value is -5.64. The van der Waals surface area contributed by atoms with E-state index in [1.165, 1.54) is 53.1 Å². The van der Waals surface area contributed by atoms with Crippen molar-refractivity contribution in [1.29, 1.82) is 0 Å². The number of hydrogen-bond acceptors (Lipinski definition) is 8. The maximum Gasteiger partial charge on any atom is 0.335 e. The molecule has 0 bridgehead atoms.